The van der Waals surface area contributed by atoms with Crippen LogP contribution in [0.25, 0.3) is 28.0 Å². The molecule has 2 aromatic carbocycles. The highest BCUT2D eigenvalue weighted by molar-refractivity contribution is 5.85. The Morgan fingerprint density at radius 1 is 1.19 bits per heavy atom. The molecule has 0 aliphatic carbocycles. The predicted molar refractivity (Wildman–Crippen MR) is 132 cm³/mol. The molecular formula is C26H26N4O6. The molecule has 4 aromatic rings. The van der Waals surface area contributed by atoms with E-state index in [1.165, 1.54) is 12.6 Å². The minimum Gasteiger partial charge on any atom is -0.483 e. The van der Waals surface area contributed by atoms with Gasteiger partial charge in [0.15, 0.2) is 12.4 Å². The number of benzene rings is 2. The number of ether oxygens (including phenoxy) is 1. The van der Waals surface area contributed by atoms with Crippen LogP contribution in [0.2, 0.25) is 0 Å². The number of carbonyl (C=O) groups excluding carboxylic acids is 1. The van der Waals surface area contributed by atoms with Crippen molar-refractivity contribution in [2.75, 3.05) is 6.61 Å². The molecule has 0 aliphatic heterocycles. The van der Waals surface area contributed by atoms with Crippen LogP contribution in [0.5, 0.6) is 5.75 Å². The van der Waals surface area contributed by atoms with E-state index in [4.69, 9.17) is 9.15 Å². The molecule has 0 spiro atoms. The summed E-state index contributed by atoms with van der Waals surface area (Å²) in [5.41, 5.74) is 1.76. The highest BCUT2D eigenvalue weighted by Crippen LogP contribution is 2.27. The van der Waals surface area contributed by atoms with Crippen LogP contribution >= 0.6 is 0 Å². The van der Waals surface area contributed by atoms with Crippen molar-refractivity contribution in [3.63, 3.8) is 0 Å². The van der Waals surface area contributed by atoms with Crippen molar-refractivity contribution in [3.8, 4) is 22.8 Å². The fourth-order valence-electron chi connectivity index (χ4n) is 3.84. The van der Waals surface area contributed by atoms with Crippen LogP contribution in [0.15, 0.2) is 64.3 Å². The molecule has 36 heavy (non-hydrogen) atoms. The third-order valence-electron chi connectivity index (χ3n) is 5.77. The van der Waals surface area contributed by atoms with Gasteiger partial charge in [-0.25, -0.2) is 4.79 Å². The zero-order valence-electron chi connectivity index (χ0n) is 20.1. The van der Waals surface area contributed by atoms with Gasteiger partial charge in [-0.3, -0.25) is 14.2 Å². The lowest BCUT2D eigenvalue weighted by atomic mass is 10.0. The van der Waals surface area contributed by atoms with E-state index < -0.39 is 17.9 Å². The smallest absolute Gasteiger partial charge is 0.326 e. The van der Waals surface area contributed by atoms with Crippen LogP contribution < -0.4 is 15.5 Å². The van der Waals surface area contributed by atoms with Crippen LogP contribution in [0.3, 0.4) is 0 Å². The van der Waals surface area contributed by atoms with Crippen molar-refractivity contribution in [2.45, 2.75) is 33.2 Å². The largest absolute Gasteiger partial charge is 0.483 e. The number of carboxylic acid groups (broad SMARTS) is 1. The number of carbonyl (C=O) groups is 2. The number of nitrogens with one attached hydrogen (secondary N) is 1. The van der Waals surface area contributed by atoms with Gasteiger partial charge in [0.2, 0.25) is 5.43 Å². The summed E-state index contributed by atoms with van der Waals surface area (Å²) in [7, 11) is 0. The van der Waals surface area contributed by atoms with Crippen molar-refractivity contribution in [1.82, 2.24) is 20.1 Å². The van der Waals surface area contributed by atoms with Crippen molar-refractivity contribution in [3.05, 3.63) is 70.8 Å². The number of hydrogen-bond donors (Lipinski definition) is 2. The fourth-order valence-corrected chi connectivity index (χ4v) is 3.84. The summed E-state index contributed by atoms with van der Waals surface area (Å²) in [6.45, 7) is 4.93. The second-order valence-electron chi connectivity index (χ2n) is 8.56. The SMILES string of the molecule is CCc1cc2c(=O)c(-c3nncn3-c3ccccc3)coc2cc1OCC(=O)NC(C(=O)O)C(C)C. The Balaban J connectivity index is 1.63. The van der Waals surface area contributed by atoms with E-state index >= 15 is 0 Å². The van der Waals surface area contributed by atoms with Gasteiger partial charge in [-0.15, -0.1) is 10.2 Å². The Bertz CT molecular complexity index is 1460. The quantitative estimate of drug-likeness (QED) is 0.365. The summed E-state index contributed by atoms with van der Waals surface area (Å²) in [5.74, 6) is -1.23. The van der Waals surface area contributed by atoms with E-state index in [9.17, 15) is 19.5 Å². The number of hydrogen-bond acceptors (Lipinski definition) is 7. The maximum atomic E-state index is 13.4. The molecule has 4 rings (SSSR count). The summed E-state index contributed by atoms with van der Waals surface area (Å²) in [5, 5.41) is 20.2. The number of aromatic nitrogens is 3. The van der Waals surface area contributed by atoms with Gasteiger partial charge >= 0.3 is 5.97 Å². The van der Waals surface area contributed by atoms with E-state index in [0.717, 1.165) is 5.69 Å². The van der Waals surface area contributed by atoms with Gasteiger partial charge in [-0.05, 0) is 36.1 Å². The number of aliphatic carboxylic acids is 1. The molecule has 1 unspecified atom stereocenters. The first-order valence-corrected chi connectivity index (χ1v) is 11.5. The van der Waals surface area contributed by atoms with Crippen LogP contribution in [-0.2, 0) is 16.0 Å². The average Bonchev–Trinajstić information content (AvgIpc) is 3.35. The van der Waals surface area contributed by atoms with Gasteiger partial charge in [-0.1, -0.05) is 39.0 Å². The minimum atomic E-state index is -1.11. The first-order valence-electron chi connectivity index (χ1n) is 11.5. The number of fused-ring (bicyclic) bond motifs is 1. The third-order valence-corrected chi connectivity index (χ3v) is 5.77. The van der Waals surface area contributed by atoms with Crippen LogP contribution in [0, 0.1) is 5.92 Å². The van der Waals surface area contributed by atoms with E-state index in [0.29, 0.717) is 28.9 Å². The Morgan fingerprint density at radius 2 is 1.94 bits per heavy atom. The number of rotatable bonds is 9. The molecule has 0 saturated heterocycles. The first kappa shape index (κ1) is 24.6. The topological polar surface area (TPSA) is 137 Å². The van der Waals surface area contributed by atoms with Gasteiger partial charge in [0.1, 0.15) is 35.5 Å². The van der Waals surface area contributed by atoms with E-state index in [1.54, 1.807) is 30.5 Å². The lowest BCUT2D eigenvalue weighted by Gasteiger charge is -2.18. The number of nitrogens with zero attached hydrogens (tertiary/aromatic N) is 3. The molecular weight excluding hydrogens is 464 g/mol. The molecule has 0 fully saturated rings. The Kier molecular flexibility index (Phi) is 7.14. The Hall–Kier alpha value is -4.47. The molecule has 1 atom stereocenters. The highest BCUT2D eigenvalue weighted by atomic mass is 16.5. The monoisotopic (exact) mass is 490 g/mol. The van der Waals surface area contributed by atoms with Crippen molar-refractivity contribution >= 4 is 22.8 Å². The molecule has 2 N–H and O–H groups in total. The maximum Gasteiger partial charge on any atom is 0.326 e. The molecule has 10 nitrogen and oxygen atoms in total. The fraction of sp³-hybridized carbons (Fsp3) is 0.269. The lowest BCUT2D eigenvalue weighted by Crippen LogP contribution is -2.46. The molecule has 2 heterocycles. The Labute approximate surface area is 206 Å². The number of amides is 1. The minimum absolute atomic E-state index is 0.257. The van der Waals surface area contributed by atoms with E-state index in [2.05, 4.69) is 15.5 Å². The second-order valence-corrected chi connectivity index (χ2v) is 8.56. The van der Waals surface area contributed by atoms with Crippen LogP contribution in [0.4, 0.5) is 0 Å². The molecule has 0 radical (unpaired) electrons. The molecule has 186 valence electrons. The normalized spacial score (nSPS) is 12.0. The molecule has 1 amide bonds. The van der Waals surface area contributed by atoms with Gasteiger partial charge in [-0.2, -0.15) is 0 Å². The van der Waals surface area contributed by atoms with Gasteiger partial charge in [0, 0.05) is 11.8 Å². The summed E-state index contributed by atoms with van der Waals surface area (Å²) in [4.78, 5) is 37.0. The molecule has 0 aliphatic rings. The van der Waals surface area contributed by atoms with E-state index in [1.807, 2.05) is 37.3 Å². The third kappa shape index (κ3) is 4.97. The number of carboxylic acids is 1. The summed E-state index contributed by atoms with van der Waals surface area (Å²) in [6.07, 6.45) is 3.39. The average molecular weight is 491 g/mol. The van der Waals surface area contributed by atoms with Crippen LogP contribution in [0.1, 0.15) is 26.3 Å². The first-order chi connectivity index (χ1) is 17.3. The van der Waals surface area contributed by atoms with Crippen LogP contribution in [-0.4, -0.2) is 44.4 Å². The summed E-state index contributed by atoms with van der Waals surface area (Å²) < 4.78 is 13.2. The predicted octanol–water partition coefficient (Wildman–Crippen LogP) is 3.21. The lowest BCUT2D eigenvalue weighted by molar-refractivity contribution is -0.143. The zero-order valence-corrected chi connectivity index (χ0v) is 20.1. The molecule has 0 saturated carbocycles. The molecule has 10 heteroatoms. The summed E-state index contributed by atoms with van der Waals surface area (Å²) >= 11 is 0. The molecule has 2 aromatic heterocycles. The summed E-state index contributed by atoms with van der Waals surface area (Å²) in [6, 6.07) is 11.6. The Morgan fingerprint density at radius 3 is 2.61 bits per heavy atom. The standard InChI is InChI=1S/C26H26N4O6/c1-4-16-10-18-21(11-20(16)36-13-22(31)28-23(15(2)3)26(33)34)35-12-19(24(18)32)25-29-27-14-30(25)17-8-6-5-7-9-17/h5-12,14-15,23H,4,13H2,1-3H3,(H,28,31)(H,33,34). The second kappa shape index (κ2) is 10.4. The van der Waals surface area contributed by atoms with Crippen molar-refractivity contribution in [2.24, 2.45) is 5.92 Å². The highest BCUT2D eigenvalue weighted by Gasteiger charge is 2.24. The number of para-hydroxylation sites is 1. The van der Waals surface area contributed by atoms with Crippen molar-refractivity contribution in [1.29, 1.82) is 0 Å². The zero-order chi connectivity index (χ0) is 25.8. The maximum absolute atomic E-state index is 13.4. The molecule has 0 bridgehead atoms. The number of aryl methyl sites for hydroxylation is 1. The van der Waals surface area contributed by atoms with Crippen molar-refractivity contribution < 1.29 is 23.8 Å². The van der Waals surface area contributed by atoms with Gasteiger partial charge < -0.3 is 19.6 Å². The van der Waals surface area contributed by atoms with Gasteiger partial charge in [0.25, 0.3) is 5.91 Å². The van der Waals surface area contributed by atoms with E-state index in [-0.39, 0.29) is 29.1 Å². The van der Waals surface area contributed by atoms with Gasteiger partial charge in [0.05, 0.1) is 5.39 Å².